The fraction of sp³-hybridized carbons (Fsp3) is 0.294. The minimum Gasteiger partial charge on any atom is -0.367 e. The van der Waals surface area contributed by atoms with E-state index in [-0.39, 0.29) is 17.9 Å². The minimum atomic E-state index is -0.180. The van der Waals surface area contributed by atoms with Crippen molar-refractivity contribution in [2.75, 3.05) is 11.9 Å². The van der Waals surface area contributed by atoms with Crippen molar-refractivity contribution in [3.63, 3.8) is 0 Å². The number of rotatable bonds is 4. The van der Waals surface area contributed by atoms with Gasteiger partial charge in [0.25, 0.3) is 0 Å². The molecule has 0 bridgehead atoms. The molecule has 0 radical (unpaired) electrons. The van der Waals surface area contributed by atoms with E-state index >= 15 is 0 Å². The Morgan fingerprint density at radius 2 is 1.81 bits per heavy atom. The maximum absolute atomic E-state index is 13.9. The molecule has 2 aromatic carbocycles. The van der Waals surface area contributed by atoms with E-state index in [9.17, 15) is 4.39 Å². The summed E-state index contributed by atoms with van der Waals surface area (Å²) in [6, 6.07) is 12.8. The molecule has 0 fully saturated rings. The summed E-state index contributed by atoms with van der Waals surface area (Å²) < 4.78 is 14.9. The molecule has 4 heteroatoms. The molecule has 0 saturated carbocycles. The van der Waals surface area contributed by atoms with E-state index in [1.807, 2.05) is 56.1 Å². The Balaban J connectivity index is 2.32. The van der Waals surface area contributed by atoms with Gasteiger partial charge in [0.1, 0.15) is 5.82 Å². The van der Waals surface area contributed by atoms with Crippen molar-refractivity contribution in [3.05, 3.63) is 63.9 Å². The number of nitrogens with two attached hydrogens (primary N) is 1. The second-order valence-corrected chi connectivity index (χ2v) is 6.16. The van der Waals surface area contributed by atoms with Crippen LogP contribution in [0.25, 0.3) is 0 Å². The molecule has 2 aromatic rings. The monoisotopic (exact) mass is 350 g/mol. The van der Waals surface area contributed by atoms with Crippen LogP contribution in [0.4, 0.5) is 10.1 Å². The number of hydrogen-bond acceptors (Lipinski definition) is 2. The van der Waals surface area contributed by atoms with E-state index in [0.717, 1.165) is 15.7 Å². The van der Waals surface area contributed by atoms with Gasteiger partial charge in [-0.3, -0.25) is 0 Å². The molecular formula is C17H20BrFN2. The lowest BCUT2D eigenvalue weighted by molar-refractivity contribution is 0.585. The number of nitrogens with zero attached hydrogens (tertiary/aromatic N) is 1. The molecule has 2 atom stereocenters. The Kier molecular flexibility index (Phi) is 5.01. The van der Waals surface area contributed by atoms with E-state index in [1.165, 1.54) is 6.07 Å². The van der Waals surface area contributed by atoms with E-state index < -0.39 is 0 Å². The van der Waals surface area contributed by atoms with Crippen LogP contribution < -0.4 is 10.6 Å². The Labute approximate surface area is 133 Å². The topological polar surface area (TPSA) is 29.3 Å². The molecule has 2 N–H and O–H groups in total. The SMILES string of the molecule is CC(c1ccccc1F)N(C)c1ccc([C@@H](C)N)cc1Br. The van der Waals surface area contributed by atoms with Crippen LogP contribution >= 0.6 is 15.9 Å². The van der Waals surface area contributed by atoms with Gasteiger partial charge in [-0.05, 0) is 53.5 Å². The predicted molar refractivity (Wildman–Crippen MR) is 90.0 cm³/mol. The highest BCUT2D eigenvalue weighted by atomic mass is 79.9. The summed E-state index contributed by atoms with van der Waals surface area (Å²) in [4.78, 5) is 2.05. The van der Waals surface area contributed by atoms with Crippen LogP contribution in [0, 0.1) is 5.82 Å². The summed E-state index contributed by atoms with van der Waals surface area (Å²) in [5.41, 5.74) is 8.66. The number of anilines is 1. The molecule has 0 aliphatic rings. The summed E-state index contributed by atoms with van der Waals surface area (Å²) >= 11 is 3.58. The van der Waals surface area contributed by atoms with Crippen molar-refractivity contribution < 1.29 is 4.39 Å². The van der Waals surface area contributed by atoms with Crippen LogP contribution in [0.5, 0.6) is 0 Å². The third-order valence-corrected chi connectivity index (χ3v) is 4.45. The third-order valence-electron chi connectivity index (χ3n) is 3.81. The molecule has 0 saturated heterocycles. The van der Waals surface area contributed by atoms with E-state index in [1.54, 1.807) is 6.07 Å². The first kappa shape index (κ1) is 16.0. The normalized spacial score (nSPS) is 13.8. The standard InChI is InChI=1S/C17H20BrFN2/c1-11(20)13-8-9-17(15(18)10-13)21(3)12(2)14-6-4-5-7-16(14)19/h4-12H,20H2,1-3H3/t11-,12?/m1/s1. The lowest BCUT2D eigenvalue weighted by Gasteiger charge is -2.29. The Morgan fingerprint density at radius 3 is 2.38 bits per heavy atom. The van der Waals surface area contributed by atoms with Gasteiger partial charge in [-0.2, -0.15) is 0 Å². The van der Waals surface area contributed by atoms with Crippen LogP contribution in [0.1, 0.15) is 37.1 Å². The summed E-state index contributed by atoms with van der Waals surface area (Å²) in [5.74, 6) is -0.180. The average Bonchev–Trinajstić information content (AvgIpc) is 2.46. The number of hydrogen-bond donors (Lipinski definition) is 1. The summed E-state index contributed by atoms with van der Waals surface area (Å²) in [5, 5.41) is 0. The van der Waals surface area contributed by atoms with Crippen molar-refractivity contribution in [2.24, 2.45) is 5.73 Å². The maximum atomic E-state index is 13.9. The molecule has 2 nitrogen and oxygen atoms in total. The highest BCUT2D eigenvalue weighted by molar-refractivity contribution is 9.10. The average molecular weight is 351 g/mol. The first-order chi connectivity index (χ1) is 9.91. The third kappa shape index (κ3) is 3.44. The molecule has 0 aromatic heterocycles. The van der Waals surface area contributed by atoms with Gasteiger partial charge in [0.05, 0.1) is 11.7 Å². The van der Waals surface area contributed by atoms with Gasteiger partial charge in [-0.1, -0.05) is 24.3 Å². The zero-order valence-corrected chi connectivity index (χ0v) is 14.1. The highest BCUT2D eigenvalue weighted by Gasteiger charge is 2.18. The smallest absolute Gasteiger partial charge is 0.128 e. The molecular weight excluding hydrogens is 331 g/mol. The zero-order valence-electron chi connectivity index (χ0n) is 12.5. The Hall–Kier alpha value is -1.39. The number of halogens is 2. The van der Waals surface area contributed by atoms with Crippen LogP contribution in [0.15, 0.2) is 46.9 Å². The predicted octanol–water partition coefficient (Wildman–Crippen LogP) is 4.81. The quantitative estimate of drug-likeness (QED) is 0.857. The van der Waals surface area contributed by atoms with Crippen molar-refractivity contribution in [1.82, 2.24) is 0 Å². The van der Waals surface area contributed by atoms with Crippen molar-refractivity contribution in [1.29, 1.82) is 0 Å². The second kappa shape index (κ2) is 6.58. The second-order valence-electron chi connectivity index (χ2n) is 5.31. The van der Waals surface area contributed by atoms with Crippen LogP contribution in [-0.4, -0.2) is 7.05 Å². The molecule has 112 valence electrons. The van der Waals surface area contributed by atoms with Gasteiger partial charge in [-0.25, -0.2) is 4.39 Å². The van der Waals surface area contributed by atoms with Gasteiger partial charge >= 0.3 is 0 Å². The van der Waals surface area contributed by atoms with Crippen molar-refractivity contribution in [2.45, 2.75) is 25.9 Å². The van der Waals surface area contributed by atoms with Gasteiger partial charge in [0, 0.05) is 23.1 Å². The molecule has 1 unspecified atom stereocenters. The summed E-state index contributed by atoms with van der Waals surface area (Å²) in [6.45, 7) is 3.94. The van der Waals surface area contributed by atoms with E-state index in [2.05, 4.69) is 15.9 Å². The zero-order chi connectivity index (χ0) is 15.6. The summed E-state index contributed by atoms with van der Waals surface area (Å²) in [7, 11) is 1.96. The number of benzene rings is 2. The fourth-order valence-electron chi connectivity index (χ4n) is 2.32. The maximum Gasteiger partial charge on any atom is 0.128 e. The van der Waals surface area contributed by atoms with Crippen molar-refractivity contribution >= 4 is 21.6 Å². The van der Waals surface area contributed by atoms with Crippen LogP contribution in [0.3, 0.4) is 0 Å². The Bertz CT molecular complexity index is 628. The first-order valence-corrected chi connectivity index (χ1v) is 7.73. The lowest BCUT2D eigenvalue weighted by atomic mass is 10.0. The van der Waals surface area contributed by atoms with Crippen LogP contribution in [-0.2, 0) is 0 Å². The van der Waals surface area contributed by atoms with E-state index in [4.69, 9.17) is 5.73 Å². The first-order valence-electron chi connectivity index (χ1n) is 6.94. The Morgan fingerprint density at radius 1 is 1.14 bits per heavy atom. The lowest BCUT2D eigenvalue weighted by Crippen LogP contribution is -2.23. The van der Waals surface area contributed by atoms with Gasteiger partial charge < -0.3 is 10.6 Å². The molecule has 0 heterocycles. The highest BCUT2D eigenvalue weighted by Crippen LogP contribution is 2.33. The van der Waals surface area contributed by atoms with E-state index in [0.29, 0.717) is 5.56 Å². The fourth-order valence-corrected chi connectivity index (χ4v) is 3.00. The summed E-state index contributed by atoms with van der Waals surface area (Å²) in [6.07, 6.45) is 0. The van der Waals surface area contributed by atoms with Crippen molar-refractivity contribution in [3.8, 4) is 0 Å². The molecule has 21 heavy (non-hydrogen) atoms. The van der Waals surface area contributed by atoms with Gasteiger partial charge in [0.2, 0.25) is 0 Å². The molecule has 0 spiro atoms. The molecule has 0 amide bonds. The van der Waals surface area contributed by atoms with Gasteiger partial charge in [0.15, 0.2) is 0 Å². The van der Waals surface area contributed by atoms with Crippen LogP contribution in [0.2, 0.25) is 0 Å². The molecule has 0 aliphatic carbocycles. The van der Waals surface area contributed by atoms with Gasteiger partial charge in [-0.15, -0.1) is 0 Å². The molecule has 0 aliphatic heterocycles. The minimum absolute atomic E-state index is 0.00959. The molecule has 2 rings (SSSR count). The largest absolute Gasteiger partial charge is 0.367 e.